The van der Waals surface area contributed by atoms with Crippen LogP contribution in [0.4, 0.5) is 0 Å². The van der Waals surface area contributed by atoms with Crippen LogP contribution in [0.3, 0.4) is 0 Å². The minimum Gasteiger partial charge on any atom is -0.251 e. The van der Waals surface area contributed by atoms with Crippen LogP contribution >= 0.6 is 35.8 Å². The van der Waals surface area contributed by atoms with Crippen molar-refractivity contribution in [3.63, 3.8) is 0 Å². The van der Waals surface area contributed by atoms with Crippen molar-refractivity contribution in [2.45, 2.75) is 31.4 Å². The molecule has 18 heavy (non-hydrogen) atoms. The topological polar surface area (TPSA) is 12.9 Å². The summed E-state index contributed by atoms with van der Waals surface area (Å²) in [5.41, 5.74) is 4.66. The van der Waals surface area contributed by atoms with Crippen molar-refractivity contribution in [3.8, 4) is 0 Å². The number of fused-ring (bicyclic) bond motifs is 2. The maximum absolute atomic E-state index is 6.28. The Morgan fingerprint density at radius 1 is 1.17 bits per heavy atom. The van der Waals surface area contributed by atoms with Crippen LogP contribution in [-0.4, -0.2) is 4.98 Å². The van der Waals surface area contributed by atoms with Crippen LogP contribution in [0, 0.1) is 0 Å². The van der Waals surface area contributed by atoms with E-state index in [0.717, 1.165) is 29.5 Å². The van der Waals surface area contributed by atoms with Gasteiger partial charge in [-0.15, -0.1) is 0 Å². The van der Waals surface area contributed by atoms with Gasteiger partial charge in [-0.1, -0.05) is 29.3 Å². The second kappa shape index (κ2) is 4.92. The molecule has 0 fully saturated rings. The Morgan fingerprint density at radius 3 is 2.72 bits per heavy atom. The molecule has 4 heteroatoms. The molecule has 0 saturated heterocycles. The summed E-state index contributed by atoms with van der Waals surface area (Å²) < 4.78 is 0. The van der Waals surface area contributed by atoms with E-state index in [4.69, 9.17) is 28.2 Å². The zero-order valence-electron chi connectivity index (χ0n) is 9.84. The number of pyridine rings is 1. The first-order valence-electron chi connectivity index (χ1n) is 6.11. The van der Waals surface area contributed by atoms with Crippen molar-refractivity contribution in [2.75, 3.05) is 0 Å². The summed E-state index contributed by atoms with van der Waals surface area (Å²) in [7, 11) is 0. The normalized spacial score (nSPS) is 14.8. The number of aromatic nitrogens is 1. The fraction of sp³-hybridized carbons (Fsp3) is 0.357. The van der Waals surface area contributed by atoms with Crippen molar-refractivity contribution in [1.29, 1.82) is 0 Å². The van der Waals surface area contributed by atoms with Crippen molar-refractivity contribution in [1.82, 2.24) is 4.98 Å². The van der Waals surface area contributed by atoms with Gasteiger partial charge in [0.05, 0.1) is 15.6 Å². The molecule has 0 bridgehead atoms. The van der Waals surface area contributed by atoms with Crippen LogP contribution < -0.4 is 0 Å². The molecule has 0 atom stereocenters. The quantitative estimate of drug-likeness (QED) is 0.743. The predicted octanol–water partition coefficient (Wildman–Crippen LogP) is 4.85. The monoisotopic (exact) mass is 297 g/mol. The van der Waals surface area contributed by atoms with E-state index in [1.54, 1.807) is 0 Å². The van der Waals surface area contributed by atoms with E-state index < -0.39 is 0 Å². The highest BCUT2D eigenvalue weighted by molar-refractivity contribution is 7.79. The van der Waals surface area contributed by atoms with Gasteiger partial charge in [-0.3, -0.25) is 4.98 Å². The molecule has 1 aliphatic carbocycles. The molecule has 0 spiro atoms. The van der Waals surface area contributed by atoms with E-state index in [-0.39, 0.29) is 0 Å². The highest BCUT2D eigenvalue weighted by Crippen LogP contribution is 2.36. The largest absolute Gasteiger partial charge is 0.251 e. The smallest absolute Gasteiger partial charge is 0.0909 e. The third kappa shape index (κ3) is 1.91. The first-order chi connectivity index (χ1) is 8.72. The van der Waals surface area contributed by atoms with E-state index in [2.05, 4.69) is 12.6 Å². The van der Waals surface area contributed by atoms with Gasteiger partial charge in [-0.25, -0.2) is 0 Å². The van der Waals surface area contributed by atoms with Crippen LogP contribution in [0.15, 0.2) is 12.1 Å². The highest BCUT2D eigenvalue weighted by atomic mass is 35.5. The van der Waals surface area contributed by atoms with Gasteiger partial charge in [0.2, 0.25) is 0 Å². The second-order valence-electron chi connectivity index (χ2n) is 4.64. The van der Waals surface area contributed by atoms with E-state index in [0.29, 0.717) is 10.0 Å². The molecule has 0 aliphatic heterocycles. The van der Waals surface area contributed by atoms with Gasteiger partial charge in [0, 0.05) is 16.8 Å². The first kappa shape index (κ1) is 12.6. The van der Waals surface area contributed by atoms with Gasteiger partial charge in [0.25, 0.3) is 0 Å². The predicted molar refractivity (Wildman–Crippen MR) is 81.1 cm³/mol. The van der Waals surface area contributed by atoms with Gasteiger partial charge < -0.3 is 0 Å². The van der Waals surface area contributed by atoms with Gasteiger partial charge in [0.1, 0.15) is 0 Å². The number of hydrogen-bond acceptors (Lipinski definition) is 2. The third-order valence-electron chi connectivity index (χ3n) is 3.60. The Morgan fingerprint density at radius 2 is 1.94 bits per heavy atom. The summed E-state index contributed by atoms with van der Waals surface area (Å²) >= 11 is 16.8. The zero-order valence-corrected chi connectivity index (χ0v) is 12.2. The summed E-state index contributed by atoms with van der Waals surface area (Å²) in [5.74, 6) is 0.722. The van der Waals surface area contributed by atoms with E-state index in [1.807, 2.05) is 12.1 Å². The Balaban J connectivity index is 2.40. The number of nitrogens with zero attached hydrogens (tertiary/aromatic N) is 1. The zero-order chi connectivity index (χ0) is 12.7. The molecule has 1 aliphatic rings. The molecule has 0 amide bonds. The Hall–Kier alpha value is -0.440. The van der Waals surface area contributed by atoms with Gasteiger partial charge >= 0.3 is 0 Å². The molecule has 1 heterocycles. The Kier molecular flexibility index (Phi) is 3.44. The number of rotatable bonds is 1. The standard InChI is InChI=1S/C14H13Cl2NS/c15-11-6-5-9-10(7-18)8-3-1-2-4-12(8)17-14(9)13(11)16/h5-6,18H,1-4,7H2. The van der Waals surface area contributed by atoms with Crippen LogP contribution in [0.2, 0.25) is 10.0 Å². The lowest BCUT2D eigenvalue weighted by Gasteiger charge is -2.20. The molecule has 0 radical (unpaired) electrons. The Bertz CT molecular complexity index is 625. The molecule has 1 nitrogen and oxygen atoms in total. The molecule has 94 valence electrons. The number of thiol groups is 1. The highest BCUT2D eigenvalue weighted by Gasteiger charge is 2.19. The summed E-state index contributed by atoms with van der Waals surface area (Å²) in [4.78, 5) is 4.73. The molecule has 1 aromatic heterocycles. The maximum Gasteiger partial charge on any atom is 0.0909 e. The SMILES string of the molecule is SCc1c2c(nc3c(Cl)c(Cl)ccc13)CCCC2. The molecule has 0 unspecified atom stereocenters. The Labute approximate surface area is 122 Å². The molecular formula is C14H13Cl2NS. The summed E-state index contributed by atoms with van der Waals surface area (Å²) in [6.07, 6.45) is 4.58. The fourth-order valence-corrected chi connectivity index (χ4v) is 3.43. The summed E-state index contributed by atoms with van der Waals surface area (Å²) in [5, 5.41) is 2.23. The van der Waals surface area contributed by atoms with E-state index in [1.165, 1.54) is 29.7 Å². The van der Waals surface area contributed by atoms with Crippen molar-refractivity contribution in [2.24, 2.45) is 0 Å². The lowest BCUT2D eigenvalue weighted by Crippen LogP contribution is -2.09. The van der Waals surface area contributed by atoms with Gasteiger partial charge in [-0.05, 0) is 42.9 Å². The number of aryl methyl sites for hydroxylation is 1. The van der Waals surface area contributed by atoms with Crippen LogP contribution in [0.5, 0.6) is 0 Å². The van der Waals surface area contributed by atoms with E-state index >= 15 is 0 Å². The molecule has 1 aromatic carbocycles. The molecule has 2 aromatic rings. The lowest BCUT2D eigenvalue weighted by molar-refractivity contribution is 0.667. The van der Waals surface area contributed by atoms with Gasteiger partial charge in [0.15, 0.2) is 0 Å². The molecule has 0 N–H and O–H groups in total. The maximum atomic E-state index is 6.28. The van der Waals surface area contributed by atoms with Crippen molar-refractivity contribution < 1.29 is 0 Å². The molecule has 0 saturated carbocycles. The van der Waals surface area contributed by atoms with Crippen LogP contribution in [0.25, 0.3) is 10.9 Å². The number of hydrogen-bond donors (Lipinski definition) is 1. The van der Waals surface area contributed by atoms with Crippen LogP contribution in [0.1, 0.15) is 29.7 Å². The fourth-order valence-electron chi connectivity index (χ4n) is 2.71. The summed E-state index contributed by atoms with van der Waals surface area (Å²) in [6.45, 7) is 0. The van der Waals surface area contributed by atoms with Crippen molar-refractivity contribution >= 4 is 46.7 Å². The van der Waals surface area contributed by atoms with E-state index in [9.17, 15) is 0 Å². The van der Waals surface area contributed by atoms with Crippen LogP contribution in [-0.2, 0) is 18.6 Å². The lowest BCUT2D eigenvalue weighted by atomic mass is 9.90. The third-order valence-corrected chi connectivity index (χ3v) is 4.71. The number of halogens is 2. The summed E-state index contributed by atoms with van der Waals surface area (Å²) in [6, 6.07) is 3.85. The minimum absolute atomic E-state index is 0.561. The average Bonchev–Trinajstić information content (AvgIpc) is 2.41. The molecule has 3 rings (SSSR count). The average molecular weight is 298 g/mol. The second-order valence-corrected chi connectivity index (χ2v) is 5.74. The first-order valence-corrected chi connectivity index (χ1v) is 7.50. The number of benzene rings is 1. The van der Waals surface area contributed by atoms with Crippen molar-refractivity contribution in [3.05, 3.63) is 39.0 Å². The minimum atomic E-state index is 0.561. The van der Waals surface area contributed by atoms with Gasteiger partial charge in [-0.2, -0.15) is 12.6 Å². The molecular weight excluding hydrogens is 285 g/mol.